The number of hydrogen-bond donors (Lipinski definition) is 0. The van der Waals surface area contributed by atoms with E-state index in [0.29, 0.717) is 0 Å². The van der Waals surface area contributed by atoms with Gasteiger partial charge in [-0.25, -0.2) is 0 Å². The molecule has 12 heavy (non-hydrogen) atoms. The highest BCUT2D eigenvalue weighted by molar-refractivity contribution is 4.98. The van der Waals surface area contributed by atoms with Gasteiger partial charge in [-0.3, -0.25) is 0 Å². The minimum Gasteiger partial charge on any atom is -0.0654 e. The van der Waals surface area contributed by atoms with Crippen LogP contribution in [0.2, 0.25) is 0 Å². The lowest BCUT2D eigenvalue weighted by Gasteiger charge is -2.55. The van der Waals surface area contributed by atoms with Gasteiger partial charge in [0, 0.05) is 0 Å². The van der Waals surface area contributed by atoms with Crippen molar-refractivity contribution in [1.29, 1.82) is 0 Å². The van der Waals surface area contributed by atoms with Gasteiger partial charge in [0.05, 0.1) is 0 Å². The zero-order valence-corrected chi connectivity index (χ0v) is 9.19. The molecule has 1 rings (SSSR count). The Morgan fingerprint density at radius 3 is 2.08 bits per heavy atom. The Labute approximate surface area is 77.7 Å². The van der Waals surface area contributed by atoms with E-state index in [1.165, 1.54) is 32.1 Å². The fourth-order valence-corrected chi connectivity index (χ4v) is 3.42. The second kappa shape index (κ2) is 3.81. The Hall–Kier alpha value is 0. The van der Waals surface area contributed by atoms with Gasteiger partial charge in [0.2, 0.25) is 0 Å². The fraction of sp³-hybridized carbons (Fsp3) is 1.00. The molecule has 72 valence electrons. The van der Waals surface area contributed by atoms with E-state index in [0.717, 1.165) is 17.3 Å². The first kappa shape index (κ1) is 10.1. The van der Waals surface area contributed by atoms with Gasteiger partial charge in [0.15, 0.2) is 0 Å². The minimum absolute atomic E-state index is 0.732. The zero-order valence-electron chi connectivity index (χ0n) is 9.19. The SMILES string of the molecule is CCCC1CC(C)C1(CC)CC. The average Bonchev–Trinajstić information content (AvgIpc) is 2.07. The van der Waals surface area contributed by atoms with E-state index >= 15 is 0 Å². The molecule has 1 aliphatic rings. The first-order valence-electron chi connectivity index (χ1n) is 5.71. The van der Waals surface area contributed by atoms with E-state index in [-0.39, 0.29) is 0 Å². The average molecular weight is 168 g/mol. The molecule has 0 saturated heterocycles. The Bertz CT molecular complexity index is 131. The maximum atomic E-state index is 2.44. The molecule has 0 radical (unpaired) electrons. The highest BCUT2D eigenvalue weighted by Crippen LogP contribution is 2.57. The largest absolute Gasteiger partial charge is 0.0654 e. The lowest BCUT2D eigenvalue weighted by Crippen LogP contribution is -2.46. The standard InChI is InChI=1S/C12H24/c1-5-8-11-9-10(4)12(11,6-2)7-3/h10-11H,5-9H2,1-4H3. The van der Waals surface area contributed by atoms with Crippen LogP contribution in [0.5, 0.6) is 0 Å². The van der Waals surface area contributed by atoms with Gasteiger partial charge < -0.3 is 0 Å². The van der Waals surface area contributed by atoms with Crippen LogP contribution in [0.1, 0.15) is 59.8 Å². The molecule has 0 aliphatic heterocycles. The molecule has 1 fully saturated rings. The van der Waals surface area contributed by atoms with E-state index in [1.807, 2.05) is 0 Å². The second-order valence-corrected chi connectivity index (χ2v) is 4.56. The molecule has 0 nitrogen and oxygen atoms in total. The highest BCUT2D eigenvalue weighted by atomic mass is 14.5. The topological polar surface area (TPSA) is 0 Å². The van der Waals surface area contributed by atoms with Crippen molar-refractivity contribution < 1.29 is 0 Å². The summed E-state index contributed by atoms with van der Waals surface area (Å²) in [5, 5.41) is 0. The zero-order chi connectivity index (χ0) is 9.19. The van der Waals surface area contributed by atoms with Gasteiger partial charge >= 0.3 is 0 Å². The number of rotatable bonds is 4. The molecular weight excluding hydrogens is 144 g/mol. The number of hydrogen-bond acceptors (Lipinski definition) is 0. The molecule has 2 unspecified atom stereocenters. The maximum Gasteiger partial charge on any atom is -0.0249 e. The molecule has 0 aromatic heterocycles. The highest BCUT2D eigenvalue weighted by Gasteiger charge is 2.48. The quantitative estimate of drug-likeness (QED) is 0.588. The van der Waals surface area contributed by atoms with Gasteiger partial charge in [-0.05, 0) is 36.5 Å². The first-order valence-corrected chi connectivity index (χ1v) is 5.71. The van der Waals surface area contributed by atoms with Gasteiger partial charge in [0.1, 0.15) is 0 Å². The van der Waals surface area contributed by atoms with Gasteiger partial charge in [-0.15, -0.1) is 0 Å². The van der Waals surface area contributed by atoms with Crippen LogP contribution in [-0.2, 0) is 0 Å². The van der Waals surface area contributed by atoms with Crippen LogP contribution in [0.15, 0.2) is 0 Å². The van der Waals surface area contributed by atoms with E-state index in [9.17, 15) is 0 Å². The van der Waals surface area contributed by atoms with Crippen LogP contribution in [0.3, 0.4) is 0 Å². The fourth-order valence-electron chi connectivity index (χ4n) is 3.42. The van der Waals surface area contributed by atoms with Crippen molar-refractivity contribution in [3.05, 3.63) is 0 Å². The second-order valence-electron chi connectivity index (χ2n) is 4.56. The summed E-state index contributed by atoms with van der Waals surface area (Å²) >= 11 is 0. The summed E-state index contributed by atoms with van der Waals surface area (Å²) in [5.74, 6) is 2.04. The normalized spacial score (nSPS) is 33.0. The molecule has 1 saturated carbocycles. The minimum atomic E-state index is 0.732. The van der Waals surface area contributed by atoms with Crippen LogP contribution >= 0.6 is 0 Å². The third kappa shape index (κ3) is 1.30. The summed E-state index contributed by atoms with van der Waals surface area (Å²) in [5.41, 5.74) is 0.732. The van der Waals surface area contributed by atoms with Crippen LogP contribution in [0.4, 0.5) is 0 Å². The lowest BCUT2D eigenvalue weighted by molar-refractivity contribution is -0.0559. The Balaban J connectivity index is 2.56. The molecule has 0 heteroatoms. The van der Waals surface area contributed by atoms with Crippen LogP contribution in [-0.4, -0.2) is 0 Å². The molecule has 0 amide bonds. The maximum absolute atomic E-state index is 2.44. The van der Waals surface area contributed by atoms with E-state index in [4.69, 9.17) is 0 Å². The van der Waals surface area contributed by atoms with Gasteiger partial charge in [-0.1, -0.05) is 40.5 Å². The molecule has 0 bridgehead atoms. The van der Waals surface area contributed by atoms with Crippen molar-refractivity contribution in [3.63, 3.8) is 0 Å². The summed E-state index contributed by atoms with van der Waals surface area (Å²) in [6.45, 7) is 9.52. The van der Waals surface area contributed by atoms with E-state index in [1.54, 1.807) is 0 Å². The van der Waals surface area contributed by atoms with E-state index < -0.39 is 0 Å². The van der Waals surface area contributed by atoms with E-state index in [2.05, 4.69) is 27.7 Å². The van der Waals surface area contributed by atoms with Crippen LogP contribution in [0, 0.1) is 17.3 Å². The first-order chi connectivity index (χ1) is 5.71. The third-order valence-corrected chi connectivity index (χ3v) is 4.39. The third-order valence-electron chi connectivity index (χ3n) is 4.39. The monoisotopic (exact) mass is 168 g/mol. The molecule has 1 aliphatic carbocycles. The molecule has 0 aromatic rings. The summed E-state index contributed by atoms with van der Waals surface area (Å²) < 4.78 is 0. The Morgan fingerprint density at radius 2 is 1.75 bits per heavy atom. The van der Waals surface area contributed by atoms with Crippen molar-refractivity contribution in [2.45, 2.75) is 59.8 Å². The smallest absolute Gasteiger partial charge is 0.0249 e. The van der Waals surface area contributed by atoms with Crippen molar-refractivity contribution in [3.8, 4) is 0 Å². The predicted octanol–water partition coefficient (Wildman–Crippen LogP) is 4.25. The molecule has 0 spiro atoms. The Kier molecular flexibility index (Phi) is 3.20. The van der Waals surface area contributed by atoms with Crippen LogP contribution in [0.25, 0.3) is 0 Å². The van der Waals surface area contributed by atoms with Crippen LogP contribution < -0.4 is 0 Å². The summed E-state index contributed by atoms with van der Waals surface area (Å²) in [4.78, 5) is 0. The van der Waals surface area contributed by atoms with Crippen molar-refractivity contribution in [1.82, 2.24) is 0 Å². The molecule has 0 aromatic carbocycles. The molecular formula is C12H24. The molecule has 0 N–H and O–H groups in total. The lowest BCUT2D eigenvalue weighted by atomic mass is 9.50. The summed E-state index contributed by atoms with van der Waals surface area (Å²) in [6.07, 6.45) is 7.13. The summed E-state index contributed by atoms with van der Waals surface area (Å²) in [7, 11) is 0. The van der Waals surface area contributed by atoms with Crippen molar-refractivity contribution in [2.75, 3.05) is 0 Å². The van der Waals surface area contributed by atoms with Gasteiger partial charge in [-0.2, -0.15) is 0 Å². The Morgan fingerprint density at radius 1 is 1.17 bits per heavy atom. The molecule has 0 heterocycles. The van der Waals surface area contributed by atoms with Gasteiger partial charge in [0.25, 0.3) is 0 Å². The predicted molar refractivity (Wildman–Crippen MR) is 55.2 cm³/mol. The van der Waals surface area contributed by atoms with Crippen molar-refractivity contribution >= 4 is 0 Å². The van der Waals surface area contributed by atoms with Crippen molar-refractivity contribution in [2.24, 2.45) is 17.3 Å². The molecule has 2 atom stereocenters. The summed E-state index contributed by atoms with van der Waals surface area (Å²) in [6, 6.07) is 0.